The quantitative estimate of drug-likeness (QED) is 0.694. The van der Waals surface area contributed by atoms with Gasteiger partial charge in [-0.1, -0.05) is 0 Å². The zero-order chi connectivity index (χ0) is 9.26. The largest absolute Gasteiger partial charge is 0.342 e. The number of hydrogen-bond donors (Lipinski definition) is 1. The molecule has 1 saturated carbocycles. The van der Waals surface area contributed by atoms with E-state index in [1.54, 1.807) is 0 Å². The highest BCUT2D eigenvalue weighted by molar-refractivity contribution is 5.81. The number of carbonyl (C=O) groups is 1. The fourth-order valence-corrected chi connectivity index (χ4v) is 2.09. The highest BCUT2D eigenvalue weighted by atomic mass is 16.2. The second kappa shape index (κ2) is 3.66. The van der Waals surface area contributed by atoms with Crippen molar-refractivity contribution in [3.63, 3.8) is 0 Å². The van der Waals surface area contributed by atoms with Gasteiger partial charge in [0.2, 0.25) is 5.91 Å². The lowest BCUT2D eigenvalue weighted by Crippen LogP contribution is -2.30. The number of likely N-dealkylation sites (tertiary alicyclic amines) is 1. The van der Waals surface area contributed by atoms with E-state index >= 15 is 0 Å². The molecular formula is C10H18N2O. The van der Waals surface area contributed by atoms with Gasteiger partial charge in [0.15, 0.2) is 0 Å². The van der Waals surface area contributed by atoms with E-state index < -0.39 is 0 Å². The molecule has 1 aliphatic heterocycles. The Balaban J connectivity index is 1.79. The van der Waals surface area contributed by atoms with Crippen LogP contribution in [0.3, 0.4) is 0 Å². The Morgan fingerprint density at radius 3 is 2.77 bits per heavy atom. The molecule has 1 saturated heterocycles. The maximum absolute atomic E-state index is 11.7. The molecule has 1 unspecified atom stereocenters. The number of rotatable bonds is 3. The molecule has 13 heavy (non-hydrogen) atoms. The van der Waals surface area contributed by atoms with Crippen LogP contribution in [0, 0.1) is 11.8 Å². The lowest BCUT2D eigenvalue weighted by atomic mass is 10.1. The summed E-state index contributed by atoms with van der Waals surface area (Å²) in [5, 5.41) is 0. The maximum Gasteiger partial charge on any atom is 0.225 e. The first kappa shape index (κ1) is 9.00. The van der Waals surface area contributed by atoms with E-state index in [4.69, 9.17) is 5.73 Å². The monoisotopic (exact) mass is 182 g/mol. The van der Waals surface area contributed by atoms with Crippen molar-refractivity contribution >= 4 is 5.91 Å². The number of carbonyl (C=O) groups excluding carboxylic acids is 1. The van der Waals surface area contributed by atoms with E-state index in [0.29, 0.717) is 17.7 Å². The first-order chi connectivity index (χ1) is 6.31. The van der Waals surface area contributed by atoms with E-state index in [2.05, 4.69) is 0 Å². The van der Waals surface area contributed by atoms with Gasteiger partial charge in [-0.3, -0.25) is 4.79 Å². The fourth-order valence-electron chi connectivity index (χ4n) is 2.09. The molecule has 3 nitrogen and oxygen atoms in total. The average Bonchev–Trinajstić information content (AvgIpc) is 2.87. The third-order valence-corrected chi connectivity index (χ3v) is 3.10. The molecule has 1 atom stereocenters. The summed E-state index contributed by atoms with van der Waals surface area (Å²) < 4.78 is 0. The van der Waals surface area contributed by atoms with E-state index in [0.717, 1.165) is 45.3 Å². The summed E-state index contributed by atoms with van der Waals surface area (Å²) in [7, 11) is 0. The van der Waals surface area contributed by atoms with Gasteiger partial charge >= 0.3 is 0 Å². The van der Waals surface area contributed by atoms with Crippen molar-refractivity contribution in [1.29, 1.82) is 0 Å². The second-order valence-electron chi connectivity index (χ2n) is 4.29. The molecule has 0 aromatic heterocycles. The molecule has 1 aliphatic carbocycles. The predicted octanol–water partition coefficient (Wildman–Crippen LogP) is 0.594. The van der Waals surface area contributed by atoms with Crippen LogP contribution in [0.15, 0.2) is 0 Å². The number of nitrogens with two attached hydrogens (primary N) is 1. The van der Waals surface area contributed by atoms with Gasteiger partial charge in [0.05, 0.1) is 0 Å². The van der Waals surface area contributed by atoms with Crippen LogP contribution in [-0.4, -0.2) is 30.4 Å². The van der Waals surface area contributed by atoms with Crippen molar-refractivity contribution in [1.82, 2.24) is 4.90 Å². The second-order valence-corrected chi connectivity index (χ2v) is 4.29. The van der Waals surface area contributed by atoms with Crippen molar-refractivity contribution in [2.75, 3.05) is 19.6 Å². The van der Waals surface area contributed by atoms with Crippen molar-refractivity contribution in [3.8, 4) is 0 Å². The van der Waals surface area contributed by atoms with Gasteiger partial charge in [-0.25, -0.2) is 0 Å². The smallest absolute Gasteiger partial charge is 0.225 e. The van der Waals surface area contributed by atoms with Crippen molar-refractivity contribution in [3.05, 3.63) is 0 Å². The van der Waals surface area contributed by atoms with Gasteiger partial charge in [-0.15, -0.1) is 0 Å². The van der Waals surface area contributed by atoms with Gasteiger partial charge < -0.3 is 10.6 Å². The molecule has 2 aliphatic rings. The zero-order valence-electron chi connectivity index (χ0n) is 8.04. The van der Waals surface area contributed by atoms with Crippen LogP contribution < -0.4 is 5.73 Å². The van der Waals surface area contributed by atoms with Crippen LogP contribution >= 0.6 is 0 Å². The Hall–Kier alpha value is -0.570. The Bertz CT molecular complexity index is 201. The van der Waals surface area contributed by atoms with E-state index in [9.17, 15) is 4.79 Å². The Morgan fingerprint density at radius 2 is 2.15 bits per heavy atom. The molecule has 74 valence electrons. The van der Waals surface area contributed by atoms with Crippen molar-refractivity contribution in [2.45, 2.75) is 25.7 Å². The number of amides is 1. The molecular weight excluding hydrogens is 164 g/mol. The Labute approximate surface area is 79.3 Å². The minimum atomic E-state index is 0.386. The molecule has 3 heteroatoms. The van der Waals surface area contributed by atoms with Gasteiger partial charge in [0.1, 0.15) is 0 Å². The summed E-state index contributed by atoms with van der Waals surface area (Å²) in [5.41, 5.74) is 5.50. The lowest BCUT2D eigenvalue weighted by molar-refractivity contribution is -0.131. The minimum Gasteiger partial charge on any atom is -0.342 e. The molecule has 2 rings (SSSR count). The molecule has 0 bridgehead atoms. The lowest BCUT2D eigenvalue weighted by Gasteiger charge is -2.15. The van der Waals surface area contributed by atoms with Gasteiger partial charge in [0, 0.05) is 19.0 Å². The zero-order valence-corrected chi connectivity index (χ0v) is 8.04. The van der Waals surface area contributed by atoms with E-state index in [1.165, 1.54) is 0 Å². The Morgan fingerprint density at radius 1 is 1.38 bits per heavy atom. The third kappa shape index (κ3) is 2.02. The molecule has 2 N–H and O–H groups in total. The van der Waals surface area contributed by atoms with E-state index in [1.807, 2.05) is 4.90 Å². The van der Waals surface area contributed by atoms with E-state index in [-0.39, 0.29) is 0 Å². The first-order valence-electron chi connectivity index (χ1n) is 5.30. The summed E-state index contributed by atoms with van der Waals surface area (Å²) in [6.07, 6.45) is 4.48. The normalized spacial score (nSPS) is 28.1. The molecule has 1 amide bonds. The van der Waals surface area contributed by atoms with Crippen LogP contribution in [0.2, 0.25) is 0 Å². The minimum absolute atomic E-state index is 0.386. The SMILES string of the molecule is NCCC1CCN(C(=O)C2CC2)C1. The number of hydrogen-bond acceptors (Lipinski definition) is 2. The molecule has 0 radical (unpaired) electrons. The summed E-state index contributed by atoms with van der Waals surface area (Å²) in [4.78, 5) is 13.7. The van der Waals surface area contributed by atoms with Crippen LogP contribution in [0.25, 0.3) is 0 Å². The summed E-state index contributed by atoms with van der Waals surface area (Å²) in [6, 6.07) is 0. The van der Waals surface area contributed by atoms with Crippen LogP contribution in [0.4, 0.5) is 0 Å². The standard InChI is InChI=1S/C10H18N2O/c11-5-3-8-4-6-12(7-8)10(13)9-1-2-9/h8-9H,1-7,11H2. The average molecular weight is 182 g/mol. The molecule has 0 aromatic rings. The molecule has 1 heterocycles. The Kier molecular flexibility index (Phi) is 2.54. The van der Waals surface area contributed by atoms with Crippen LogP contribution in [0.5, 0.6) is 0 Å². The molecule has 0 spiro atoms. The van der Waals surface area contributed by atoms with Crippen LogP contribution in [-0.2, 0) is 4.79 Å². The first-order valence-corrected chi connectivity index (χ1v) is 5.30. The van der Waals surface area contributed by atoms with Gasteiger partial charge in [-0.05, 0) is 38.1 Å². The van der Waals surface area contributed by atoms with Gasteiger partial charge in [-0.2, -0.15) is 0 Å². The topological polar surface area (TPSA) is 46.3 Å². The highest BCUT2D eigenvalue weighted by Crippen LogP contribution is 2.33. The summed E-state index contributed by atoms with van der Waals surface area (Å²) in [5.74, 6) is 1.46. The molecule has 2 fully saturated rings. The summed E-state index contributed by atoms with van der Waals surface area (Å²) in [6.45, 7) is 2.70. The van der Waals surface area contributed by atoms with Crippen molar-refractivity contribution < 1.29 is 4.79 Å². The maximum atomic E-state index is 11.7. The van der Waals surface area contributed by atoms with Crippen molar-refractivity contribution in [2.24, 2.45) is 17.6 Å². The fraction of sp³-hybridized carbons (Fsp3) is 0.900. The third-order valence-electron chi connectivity index (χ3n) is 3.10. The summed E-state index contributed by atoms with van der Waals surface area (Å²) >= 11 is 0. The van der Waals surface area contributed by atoms with Gasteiger partial charge in [0.25, 0.3) is 0 Å². The van der Waals surface area contributed by atoms with Crippen LogP contribution in [0.1, 0.15) is 25.7 Å². The highest BCUT2D eigenvalue weighted by Gasteiger charge is 2.36. The predicted molar refractivity (Wildman–Crippen MR) is 51.1 cm³/mol. The number of nitrogens with zero attached hydrogens (tertiary/aromatic N) is 1. The molecule has 0 aromatic carbocycles.